The summed E-state index contributed by atoms with van der Waals surface area (Å²) < 4.78 is 98.4. The summed E-state index contributed by atoms with van der Waals surface area (Å²) in [5.41, 5.74) is 2.92. The molecule has 22 heteroatoms. The highest BCUT2D eigenvalue weighted by Crippen LogP contribution is 2.41. The van der Waals surface area contributed by atoms with Crippen LogP contribution in [0.15, 0.2) is 161 Å². The molecule has 2 aromatic heterocycles. The van der Waals surface area contributed by atoms with Gasteiger partial charge in [-0.25, -0.2) is 18.1 Å². The molecule has 0 aliphatic heterocycles. The molecule has 0 spiro atoms. The first-order valence-corrected chi connectivity index (χ1v) is 29.3. The van der Waals surface area contributed by atoms with Gasteiger partial charge in [-0.15, -0.1) is 16.4 Å². The summed E-state index contributed by atoms with van der Waals surface area (Å²) in [6.07, 6.45) is 0.534. The van der Waals surface area contributed by atoms with Crippen molar-refractivity contribution in [2.45, 2.75) is 74.1 Å². The molecule has 2 heterocycles. The van der Waals surface area contributed by atoms with Crippen LogP contribution >= 0.6 is 11.3 Å². The van der Waals surface area contributed by atoms with Crippen molar-refractivity contribution in [3.05, 3.63) is 185 Å². The van der Waals surface area contributed by atoms with Gasteiger partial charge in [0, 0.05) is 13.3 Å². The number of hydrogen-bond donors (Lipinski definition) is 1. The fourth-order valence-corrected chi connectivity index (χ4v) is 12.7. The molecule has 1 unspecified atom stereocenters. The molecule has 0 saturated heterocycles. The third-order valence-corrected chi connectivity index (χ3v) is 17.3. The predicted molar refractivity (Wildman–Crippen MR) is 301 cm³/mol. The number of rotatable bonds is 27. The number of aromatic nitrogens is 4. The lowest BCUT2D eigenvalue weighted by molar-refractivity contribution is -0.149. The Morgan fingerprint density at radius 2 is 1.32 bits per heavy atom. The largest absolute Gasteiger partial charge is 0.497 e. The maximum absolute atomic E-state index is 14.7. The van der Waals surface area contributed by atoms with Crippen LogP contribution < -0.4 is 23.7 Å². The topological polar surface area (TPSA) is 240 Å². The molecular formula is C59H61N5O14S3. The molecule has 8 rings (SSSR count). The molecule has 3 atom stereocenters. The van der Waals surface area contributed by atoms with Crippen LogP contribution in [-0.4, -0.2) is 95.2 Å². The average molecular weight is 1160 g/mol. The average Bonchev–Trinajstić information content (AvgIpc) is 4.29. The van der Waals surface area contributed by atoms with Crippen molar-refractivity contribution in [1.29, 1.82) is 0 Å². The number of thiazole rings is 1. The van der Waals surface area contributed by atoms with E-state index in [1.165, 1.54) is 30.8 Å². The quantitative estimate of drug-likeness (QED) is 0.0287. The Bertz CT molecular complexity index is 3620. The lowest BCUT2D eigenvalue weighted by atomic mass is 9.78. The van der Waals surface area contributed by atoms with Gasteiger partial charge in [-0.3, -0.25) is 18.6 Å². The fraction of sp³-hybridized carbons (Fsp3) is 0.288. The molecule has 0 amide bonds. The van der Waals surface area contributed by atoms with Crippen LogP contribution in [0.4, 0.5) is 0 Å². The molecule has 0 radical (unpaired) electrons. The zero-order valence-electron chi connectivity index (χ0n) is 45.5. The van der Waals surface area contributed by atoms with Crippen molar-refractivity contribution >= 4 is 59.4 Å². The number of Topliss-reactive ketones (excluding diaryl/α,β-unsaturated/α-hetero) is 1. The Morgan fingerprint density at radius 1 is 0.716 bits per heavy atom. The highest BCUT2D eigenvalue weighted by atomic mass is 32.2. The first kappa shape index (κ1) is 59.1. The molecule has 8 aromatic rings. The van der Waals surface area contributed by atoms with Crippen molar-refractivity contribution in [2.24, 2.45) is 11.8 Å². The molecule has 424 valence electrons. The minimum atomic E-state index is -4.35. The number of esters is 2. The van der Waals surface area contributed by atoms with Gasteiger partial charge in [-0.2, -0.15) is 13.1 Å². The van der Waals surface area contributed by atoms with Crippen LogP contribution in [0.2, 0.25) is 0 Å². The Kier molecular flexibility index (Phi) is 19.0. The van der Waals surface area contributed by atoms with Crippen LogP contribution in [0.1, 0.15) is 66.7 Å². The minimum Gasteiger partial charge on any atom is -0.497 e. The SMILES string of the molecule is COC(=O)[C@@H](CC(=O)[C@H](C(C)C)n1cc(COc2ccc3nc(S(=O)(=O)NC(c4ccccc4)(c4ccc(OC)cc4)c4ccc(OC)cc4)sc3c2)nn1)Cc1ccc(OCC(COS(=O)(=O)c2ccc(C)cc2)OC(C)=O)cc1. The van der Waals surface area contributed by atoms with Crippen molar-refractivity contribution < 1.29 is 63.8 Å². The Morgan fingerprint density at radius 3 is 1.91 bits per heavy atom. The number of carbonyl (C=O) groups excluding carboxylic acids is 3. The van der Waals surface area contributed by atoms with Gasteiger partial charge in [-0.05, 0) is 108 Å². The van der Waals surface area contributed by atoms with E-state index >= 15 is 0 Å². The number of nitrogens with zero attached hydrogens (tertiary/aromatic N) is 4. The maximum Gasteiger partial charge on any atom is 0.309 e. The smallest absolute Gasteiger partial charge is 0.309 e. The van der Waals surface area contributed by atoms with Gasteiger partial charge in [0.2, 0.25) is 4.34 Å². The van der Waals surface area contributed by atoms with E-state index in [0.717, 1.165) is 16.9 Å². The number of hydrogen-bond acceptors (Lipinski definition) is 18. The number of nitrogens with one attached hydrogen (secondary N) is 1. The molecule has 0 bridgehead atoms. The fourth-order valence-electron chi connectivity index (χ4n) is 9.13. The van der Waals surface area contributed by atoms with E-state index < -0.39 is 62.3 Å². The van der Waals surface area contributed by atoms with Gasteiger partial charge in [0.1, 0.15) is 60.1 Å². The molecule has 0 aliphatic carbocycles. The third kappa shape index (κ3) is 14.5. The van der Waals surface area contributed by atoms with Crippen LogP contribution in [0.3, 0.4) is 0 Å². The highest BCUT2D eigenvalue weighted by molar-refractivity contribution is 7.91. The van der Waals surface area contributed by atoms with E-state index in [1.54, 1.807) is 99.3 Å². The number of ketones is 1. The second-order valence-corrected chi connectivity index (χ2v) is 23.8. The van der Waals surface area contributed by atoms with Gasteiger partial charge in [-0.1, -0.05) is 103 Å². The number of carbonyl (C=O) groups is 3. The van der Waals surface area contributed by atoms with E-state index in [9.17, 15) is 31.2 Å². The standard InChI is InChI=1S/C59H61N5O14S3/c1-38(2)56(54(66)32-42(57(67)74-7)31-41-15-21-49(22-16-41)76-36-51(78-40(4)65)37-77-81(70,71)52-28-13-39(3)14-29-52)64-34-46(61-63-64)35-75-50-27-30-53-55(33-50)79-58(60-53)80(68,69)62-59(43-11-9-8-10-12-43,44-17-23-47(72-5)24-18-44)45-19-25-48(73-6)26-20-45/h8-30,33-34,38,42,51,56,62H,31-32,35-37H2,1-7H3/t42-,51?,56+/m1/s1. The third-order valence-electron chi connectivity index (χ3n) is 13.2. The molecule has 1 N–H and O–H groups in total. The second kappa shape index (κ2) is 26.1. The van der Waals surface area contributed by atoms with E-state index in [1.807, 2.05) is 75.4 Å². The second-order valence-electron chi connectivity index (χ2n) is 19.3. The van der Waals surface area contributed by atoms with Crippen molar-refractivity contribution in [3.8, 4) is 23.0 Å². The molecule has 19 nitrogen and oxygen atoms in total. The summed E-state index contributed by atoms with van der Waals surface area (Å²) in [4.78, 5) is 43.7. The number of sulfonamides is 1. The van der Waals surface area contributed by atoms with Crippen LogP contribution in [0.5, 0.6) is 23.0 Å². The van der Waals surface area contributed by atoms with Crippen molar-refractivity contribution in [2.75, 3.05) is 34.5 Å². The lowest BCUT2D eigenvalue weighted by Gasteiger charge is -2.36. The molecule has 0 fully saturated rings. The Balaban J connectivity index is 0.916. The van der Waals surface area contributed by atoms with Gasteiger partial charge in [0.25, 0.3) is 20.1 Å². The summed E-state index contributed by atoms with van der Waals surface area (Å²) >= 11 is 0.985. The summed E-state index contributed by atoms with van der Waals surface area (Å²) in [6.45, 7) is 5.99. The van der Waals surface area contributed by atoms with E-state index in [4.69, 9.17) is 32.6 Å². The van der Waals surface area contributed by atoms with Crippen LogP contribution in [-0.2, 0) is 66.7 Å². The lowest BCUT2D eigenvalue weighted by Crippen LogP contribution is -2.47. The van der Waals surface area contributed by atoms with Gasteiger partial charge >= 0.3 is 11.9 Å². The zero-order valence-corrected chi connectivity index (χ0v) is 48.0. The highest BCUT2D eigenvalue weighted by Gasteiger charge is 2.42. The van der Waals surface area contributed by atoms with E-state index in [-0.39, 0.29) is 47.0 Å². The molecule has 0 saturated carbocycles. The van der Waals surface area contributed by atoms with Gasteiger partial charge in [0.05, 0.1) is 48.6 Å². The molecule has 6 aromatic carbocycles. The summed E-state index contributed by atoms with van der Waals surface area (Å²) in [7, 11) is -4.10. The van der Waals surface area contributed by atoms with Crippen LogP contribution in [0, 0.1) is 18.8 Å². The first-order chi connectivity index (χ1) is 38.8. The summed E-state index contributed by atoms with van der Waals surface area (Å²) in [5.74, 6) is -0.640. The number of benzene rings is 6. The number of methoxy groups -OCH3 is 3. The van der Waals surface area contributed by atoms with Crippen molar-refractivity contribution in [3.63, 3.8) is 0 Å². The molecule has 0 aliphatic rings. The predicted octanol–water partition coefficient (Wildman–Crippen LogP) is 8.97. The summed E-state index contributed by atoms with van der Waals surface area (Å²) in [5, 5.41) is 8.58. The zero-order chi connectivity index (χ0) is 57.9. The molecular weight excluding hydrogens is 1100 g/mol. The van der Waals surface area contributed by atoms with Gasteiger partial charge in [0.15, 0.2) is 11.9 Å². The number of ether oxygens (including phenoxy) is 6. The maximum atomic E-state index is 14.7. The van der Waals surface area contributed by atoms with Crippen LogP contribution in [0.25, 0.3) is 10.2 Å². The van der Waals surface area contributed by atoms with Gasteiger partial charge < -0.3 is 28.4 Å². The first-order valence-electron chi connectivity index (χ1n) is 25.6. The van der Waals surface area contributed by atoms with E-state index in [0.29, 0.717) is 61.2 Å². The summed E-state index contributed by atoms with van der Waals surface area (Å²) in [6, 6.07) is 40.8. The molecule has 81 heavy (non-hydrogen) atoms. The van der Waals surface area contributed by atoms with Crippen molar-refractivity contribution in [1.82, 2.24) is 24.7 Å². The minimum absolute atomic E-state index is 0.0408. The van der Waals surface area contributed by atoms with E-state index in [2.05, 4.69) is 20.0 Å². The Labute approximate surface area is 474 Å². The number of aryl methyl sites for hydroxylation is 1. The Hall–Kier alpha value is -8.02. The normalized spacial score (nSPS) is 13.0. The monoisotopic (exact) mass is 1160 g/mol. The number of fused-ring (bicyclic) bond motifs is 1.